The highest BCUT2D eigenvalue weighted by Gasteiger charge is 2.06. The number of furan rings is 1. The van der Waals surface area contributed by atoms with E-state index in [4.69, 9.17) is 24.8 Å². The second-order valence-corrected chi connectivity index (χ2v) is 5.06. The van der Waals surface area contributed by atoms with Crippen LogP contribution in [0.3, 0.4) is 0 Å². The number of aliphatic hydroxyl groups is 2. The smallest absolute Gasteiger partial charge is 0.335 e. The van der Waals surface area contributed by atoms with Crippen molar-refractivity contribution in [3.8, 4) is 0 Å². The molecule has 27 heavy (non-hydrogen) atoms. The molecule has 0 aliphatic rings. The SMILES string of the molecule is O=C(O)c1ccccc1.O=C(O)c1ccccc1.OCC(O)c1ccco1. The molecule has 3 aromatic rings. The van der Waals surface area contributed by atoms with Gasteiger partial charge in [-0.1, -0.05) is 36.4 Å². The predicted molar refractivity (Wildman–Crippen MR) is 97.6 cm³/mol. The summed E-state index contributed by atoms with van der Waals surface area (Å²) in [5.41, 5.74) is 0.662. The molecule has 2 aromatic carbocycles. The maximum atomic E-state index is 10.2. The molecule has 1 heterocycles. The third kappa shape index (κ3) is 8.48. The molecule has 0 bridgehead atoms. The first-order valence-electron chi connectivity index (χ1n) is 7.84. The van der Waals surface area contributed by atoms with E-state index in [1.807, 2.05) is 0 Å². The fourth-order valence-electron chi connectivity index (χ4n) is 1.73. The lowest BCUT2D eigenvalue weighted by molar-refractivity contribution is 0.0686. The molecule has 4 N–H and O–H groups in total. The minimum absolute atomic E-state index is 0.298. The number of rotatable bonds is 4. The quantitative estimate of drug-likeness (QED) is 0.554. The van der Waals surface area contributed by atoms with Crippen molar-refractivity contribution < 1.29 is 34.4 Å². The zero-order valence-electron chi connectivity index (χ0n) is 14.3. The fourth-order valence-corrected chi connectivity index (χ4v) is 1.73. The first-order valence-corrected chi connectivity index (χ1v) is 7.84. The molecular weight excluding hydrogens is 352 g/mol. The van der Waals surface area contributed by atoms with Crippen LogP contribution in [0, 0.1) is 0 Å². The molecule has 0 saturated heterocycles. The lowest BCUT2D eigenvalue weighted by atomic mass is 10.2. The molecule has 142 valence electrons. The largest absolute Gasteiger partial charge is 0.478 e. The van der Waals surface area contributed by atoms with Crippen LogP contribution in [0.4, 0.5) is 0 Å². The van der Waals surface area contributed by atoms with Gasteiger partial charge in [-0.25, -0.2) is 9.59 Å². The number of hydrogen-bond donors (Lipinski definition) is 4. The lowest BCUT2D eigenvalue weighted by Gasteiger charge is -1.99. The Labute approximate surface area is 155 Å². The first-order chi connectivity index (χ1) is 13.0. The molecule has 7 heteroatoms. The Morgan fingerprint density at radius 1 is 0.778 bits per heavy atom. The minimum Gasteiger partial charge on any atom is -0.478 e. The van der Waals surface area contributed by atoms with Gasteiger partial charge >= 0.3 is 11.9 Å². The maximum absolute atomic E-state index is 10.2. The van der Waals surface area contributed by atoms with Crippen LogP contribution < -0.4 is 0 Å². The third-order valence-electron chi connectivity index (χ3n) is 3.09. The molecule has 0 fully saturated rings. The van der Waals surface area contributed by atoms with Crippen LogP contribution >= 0.6 is 0 Å². The number of aromatic carboxylic acids is 2. The second kappa shape index (κ2) is 12.0. The summed E-state index contributed by atoms with van der Waals surface area (Å²) in [6.45, 7) is -0.298. The van der Waals surface area contributed by atoms with E-state index in [2.05, 4.69) is 0 Å². The van der Waals surface area contributed by atoms with E-state index in [9.17, 15) is 9.59 Å². The average Bonchev–Trinajstić information content (AvgIpc) is 3.24. The number of benzene rings is 2. The summed E-state index contributed by atoms with van der Waals surface area (Å²) in [5.74, 6) is -1.36. The normalized spacial score (nSPS) is 10.4. The number of carboxylic acids is 2. The zero-order valence-corrected chi connectivity index (χ0v) is 14.3. The van der Waals surface area contributed by atoms with E-state index in [0.717, 1.165) is 0 Å². The zero-order chi connectivity index (χ0) is 20.1. The average molecular weight is 372 g/mol. The van der Waals surface area contributed by atoms with E-state index in [0.29, 0.717) is 16.9 Å². The Bertz CT molecular complexity index is 734. The monoisotopic (exact) mass is 372 g/mol. The topological polar surface area (TPSA) is 128 Å². The van der Waals surface area contributed by atoms with E-state index >= 15 is 0 Å². The summed E-state index contributed by atoms with van der Waals surface area (Å²) in [7, 11) is 0. The van der Waals surface area contributed by atoms with Crippen molar-refractivity contribution in [3.05, 3.63) is 95.9 Å². The van der Waals surface area contributed by atoms with Gasteiger partial charge in [0.1, 0.15) is 11.9 Å². The number of carbonyl (C=O) groups is 2. The molecule has 0 spiro atoms. The molecule has 0 saturated carbocycles. The van der Waals surface area contributed by atoms with Crippen LogP contribution in [-0.4, -0.2) is 39.0 Å². The van der Waals surface area contributed by atoms with Crippen LogP contribution in [0.15, 0.2) is 83.5 Å². The van der Waals surface area contributed by atoms with Gasteiger partial charge in [0.15, 0.2) is 0 Å². The summed E-state index contributed by atoms with van der Waals surface area (Å²) < 4.78 is 4.78. The van der Waals surface area contributed by atoms with Gasteiger partial charge < -0.3 is 24.8 Å². The second-order valence-electron chi connectivity index (χ2n) is 5.06. The number of carboxylic acid groups (broad SMARTS) is 2. The van der Waals surface area contributed by atoms with Gasteiger partial charge in [-0.05, 0) is 36.4 Å². The van der Waals surface area contributed by atoms with Crippen LogP contribution in [-0.2, 0) is 0 Å². The predicted octanol–water partition coefficient (Wildman–Crippen LogP) is 3.07. The Morgan fingerprint density at radius 2 is 1.22 bits per heavy atom. The highest BCUT2D eigenvalue weighted by molar-refractivity contribution is 5.87. The number of hydrogen-bond acceptors (Lipinski definition) is 5. The molecular formula is C20H20O7. The van der Waals surface area contributed by atoms with Gasteiger partial charge in [0.05, 0.1) is 24.0 Å². The Hall–Kier alpha value is -3.42. The van der Waals surface area contributed by atoms with Crippen molar-refractivity contribution in [2.45, 2.75) is 6.10 Å². The Balaban J connectivity index is 0.000000202. The van der Waals surface area contributed by atoms with Gasteiger partial charge in [0.25, 0.3) is 0 Å². The molecule has 7 nitrogen and oxygen atoms in total. The van der Waals surface area contributed by atoms with Gasteiger partial charge in [-0.3, -0.25) is 0 Å². The van der Waals surface area contributed by atoms with Gasteiger partial charge in [-0.2, -0.15) is 0 Å². The van der Waals surface area contributed by atoms with E-state index in [1.165, 1.54) is 6.26 Å². The highest BCUT2D eigenvalue weighted by atomic mass is 16.4. The summed E-state index contributed by atoms with van der Waals surface area (Å²) in [6, 6.07) is 19.9. The molecule has 0 amide bonds. The van der Waals surface area contributed by atoms with Gasteiger partial charge in [0.2, 0.25) is 0 Å². The molecule has 0 aliphatic carbocycles. The van der Waals surface area contributed by atoms with Gasteiger partial charge in [-0.15, -0.1) is 0 Å². The van der Waals surface area contributed by atoms with Crippen molar-refractivity contribution in [1.82, 2.24) is 0 Å². The molecule has 3 rings (SSSR count). The van der Waals surface area contributed by atoms with Crippen molar-refractivity contribution >= 4 is 11.9 Å². The fraction of sp³-hybridized carbons (Fsp3) is 0.100. The molecule has 1 aromatic heterocycles. The Morgan fingerprint density at radius 3 is 1.48 bits per heavy atom. The Kier molecular flexibility index (Phi) is 9.62. The lowest BCUT2D eigenvalue weighted by Crippen LogP contribution is -1.99. The van der Waals surface area contributed by atoms with Crippen molar-refractivity contribution in [3.63, 3.8) is 0 Å². The van der Waals surface area contributed by atoms with Crippen molar-refractivity contribution in [2.75, 3.05) is 6.61 Å². The van der Waals surface area contributed by atoms with Crippen LogP contribution in [0.5, 0.6) is 0 Å². The highest BCUT2D eigenvalue weighted by Crippen LogP contribution is 2.10. The van der Waals surface area contributed by atoms with E-state index in [1.54, 1.807) is 72.8 Å². The summed E-state index contributed by atoms with van der Waals surface area (Å²) in [5, 5.41) is 34.0. The number of aliphatic hydroxyl groups excluding tert-OH is 2. The van der Waals surface area contributed by atoms with Crippen molar-refractivity contribution in [2.24, 2.45) is 0 Å². The first kappa shape index (κ1) is 21.6. The standard InChI is InChI=1S/2C7H6O2.C6H8O3/c2*8-7(9)6-4-2-1-3-5-6;7-4-5(8)6-2-1-3-9-6/h2*1-5H,(H,8,9);1-3,5,7-8H,4H2. The van der Waals surface area contributed by atoms with E-state index in [-0.39, 0.29) is 6.61 Å². The third-order valence-corrected chi connectivity index (χ3v) is 3.09. The molecule has 1 unspecified atom stereocenters. The van der Waals surface area contributed by atoms with Crippen molar-refractivity contribution in [1.29, 1.82) is 0 Å². The summed E-state index contributed by atoms with van der Waals surface area (Å²) >= 11 is 0. The van der Waals surface area contributed by atoms with Crippen LogP contribution in [0.2, 0.25) is 0 Å². The maximum Gasteiger partial charge on any atom is 0.335 e. The molecule has 1 atom stereocenters. The van der Waals surface area contributed by atoms with Crippen LogP contribution in [0.1, 0.15) is 32.6 Å². The molecule has 0 radical (unpaired) electrons. The minimum atomic E-state index is -0.879. The summed E-state index contributed by atoms with van der Waals surface area (Å²) in [6.07, 6.45) is 0.578. The van der Waals surface area contributed by atoms with E-state index < -0.39 is 18.0 Å². The van der Waals surface area contributed by atoms with Crippen LogP contribution in [0.25, 0.3) is 0 Å². The summed E-state index contributed by atoms with van der Waals surface area (Å²) in [4.78, 5) is 20.4. The molecule has 0 aliphatic heterocycles. The van der Waals surface area contributed by atoms with Gasteiger partial charge in [0, 0.05) is 0 Å².